The van der Waals surface area contributed by atoms with Crippen LogP contribution in [-0.2, 0) is 16.0 Å². The molecule has 0 aliphatic carbocycles. The number of nitrogens with one attached hydrogen (secondary N) is 1. The van der Waals surface area contributed by atoms with Gasteiger partial charge in [-0.15, -0.1) is 0 Å². The van der Waals surface area contributed by atoms with E-state index in [0.29, 0.717) is 23.3 Å². The summed E-state index contributed by atoms with van der Waals surface area (Å²) in [6, 6.07) is 10.9. The number of hydrogen-bond acceptors (Lipinski definition) is 7. The van der Waals surface area contributed by atoms with E-state index >= 15 is 0 Å². The van der Waals surface area contributed by atoms with E-state index in [9.17, 15) is 9.59 Å². The molecule has 0 unspecified atom stereocenters. The fourth-order valence-corrected chi connectivity index (χ4v) is 7.28. The number of amides is 2. The van der Waals surface area contributed by atoms with Gasteiger partial charge in [0.1, 0.15) is 23.1 Å². The third-order valence-corrected chi connectivity index (χ3v) is 9.38. The lowest BCUT2D eigenvalue weighted by atomic mass is 9.83. The van der Waals surface area contributed by atoms with Crippen molar-refractivity contribution in [1.29, 1.82) is 0 Å². The molecule has 9 nitrogen and oxygen atoms in total. The van der Waals surface area contributed by atoms with Crippen LogP contribution in [0.25, 0.3) is 0 Å². The van der Waals surface area contributed by atoms with Crippen LogP contribution in [0, 0.1) is 0 Å². The predicted molar refractivity (Wildman–Crippen MR) is 160 cm³/mol. The Kier molecular flexibility index (Phi) is 6.99. The van der Waals surface area contributed by atoms with Crippen LogP contribution in [0.4, 0.5) is 0 Å². The van der Waals surface area contributed by atoms with E-state index in [2.05, 4.69) is 24.4 Å². The summed E-state index contributed by atoms with van der Waals surface area (Å²) in [5, 5.41) is 3.29. The van der Waals surface area contributed by atoms with Crippen molar-refractivity contribution in [3.8, 4) is 11.5 Å². The Labute approximate surface area is 247 Å². The van der Waals surface area contributed by atoms with Crippen LogP contribution in [0.3, 0.4) is 0 Å². The van der Waals surface area contributed by atoms with Crippen molar-refractivity contribution < 1.29 is 23.8 Å². The van der Waals surface area contributed by atoms with Crippen LogP contribution >= 0.6 is 0 Å². The van der Waals surface area contributed by atoms with Crippen molar-refractivity contribution in [3.63, 3.8) is 0 Å². The fraction of sp³-hybridized carbons (Fsp3) is 0.545. The maximum atomic E-state index is 14.0. The van der Waals surface area contributed by atoms with E-state index < -0.39 is 22.8 Å². The predicted octanol–water partition coefficient (Wildman–Crippen LogP) is 4.98. The average Bonchev–Trinajstić information content (AvgIpc) is 3.21. The van der Waals surface area contributed by atoms with E-state index in [0.717, 1.165) is 43.4 Å². The SMILES string of the molecule is CC[C@@]12CCCCc3ccc4c(c3)[C@H](CC(C)(C)O4)NC(=O)c3ccc4c(c3)[C@H](N(C(=O)C1)C(N)=N2)[C@](C)(COC)O4. The second kappa shape index (κ2) is 10.3. The number of nitrogens with zero attached hydrogens (tertiary/aromatic N) is 2. The monoisotopic (exact) mass is 574 g/mol. The van der Waals surface area contributed by atoms with Gasteiger partial charge in [-0.25, -0.2) is 4.99 Å². The molecule has 7 rings (SSSR count). The Hall–Kier alpha value is -3.59. The van der Waals surface area contributed by atoms with E-state index in [4.69, 9.17) is 24.9 Å². The quantitative estimate of drug-likeness (QED) is 0.534. The van der Waals surface area contributed by atoms with Gasteiger partial charge >= 0.3 is 0 Å². The summed E-state index contributed by atoms with van der Waals surface area (Å²) in [7, 11) is 1.60. The summed E-state index contributed by atoms with van der Waals surface area (Å²) < 4.78 is 18.3. The smallest absolute Gasteiger partial charge is 0.251 e. The van der Waals surface area contributed by atoms with Crippen molar-refractivity contribution in [2.75, 3.05) is 13.7 Å². The molecule has 5 aliphatic rings. The highest BCUT2D eigenvalue weighted by molar-refractivity contribution is 6.00. The van der Waals surface area contributed by atoms with Gasteiger partial charge in [-0.2, -0.15) is 0 Å². The zero-order valence-electron chi connectivity index (χ0n) is 25.3. The Balaban J connectivity index is 1.47. The van der Waals surface area contributed by atoms with Crippen LogP contribution < -0.4 is 20.5 Å². The number of nitrogens with two attached hydrogens (primary N) is 1. The van der Waals surface area contributed by atoms with Gasteiger partial charge in [0.15, 0.2) is 11.6 Å². The normalized spacial score (nSPS) is 30.0. The van der Waals surface area contributed by atoms with Crippen LogP contribution in [0.5, 0.6) is 11.5 Å². The Morgan fingerprint density at radius 1 is 1.07 bits per heavy atom. The zero-order valence-corrected chi connectivity index (χ0v) is 25.3. The second-order valence-corrected chi connectivity index (χ2v) is 13.2. The Bertz CT molecular complexity index is 1450. The molecular formula is C33H42N4O5. The lowest BCUT2D eigenvalue weighted by Gasteiger charge is -2.43. The highest BCUT2D eigenvalue weighted by Gasteiger charge is 2.53. The van der Waals surface area contributed by atoms with Gasteiger partial charge in [-0.3, -0.25) is 14.5 Å². The van der Waals surface area contributed by atoms with Gasteiger partial charge in [-0.1, -0.05) is 25.5 Å². The summed E-state index contributed by atoms with van der Waals surface area (Å²) in [4.78, 5) is 34.4. The number of carbonyl (C=O) groups excluding carboxylic acids is 2. The first-order chi connectivity index (χ1) is 20.0. The van der Waals surface area contributed by atoms with Crippen molar-refractivity contribution in [2.24, 2.45) is 10.7 Å². The van der Waals surface area contributed by atoms with Gasteiger partial charge in [0, 0.05) is 30.2 Å². The molecule has 2 aromatic carbocycles. The van der Waals surface area contributed by atoms with E-state index in [1.54, 1.807) is 24.1 Å². The van der Waals surface area contributed by atoms with Crippen molar-refractivity contribution >= 4 is 17.8 Å². The molecule has 0 aromatic heterocycles. The molecule has 3 N–H and O–H groups in total. The van der Waals surface area contributed by atoms with Gasteiger partial charge in [0.2, 0.25) is 5.91 Å². The first-order valence-corrected chi connectivity index (χ1v) is 15.1. The first-order valence-electron chi connectivity index (χ1n) is 15.1. The number of fused-ring (bicyclic) bond motifs is 5. The number of methoxy groups -OCH3 is 1. The van der Waals surface area contributed by atoms with Crippen molar-refractivity contribution in [1.82, 2.24) is 10.2 Å². The van der Waals surface area contributed by atoms with Gasteiger partial charge in [0.05, 0.1) is 24.6 Å². The second-order valence-electron chi connectivity index (χ2n) is 13.2. The lowest BCUT2D eigenvalue weighted by Crippen LogP contribution is -2.58. The first kappa shape index (κ1) is 28.5. The molecule has 5 aliphatic heterocycles. The summed E-state index contributed by atoms with van der Waals surface area (Å²) in [5.41, 5.74) is 8.17. The minimum Gasteiger partial charge on any atom is -0.487 e. The van der Waals surface area contributed by atoms with E-state index in [-0.39, 0.29) is 36.8 Å². The standard InChI is InChI=1S/C33H42N4O5/c1-6-33-14-8-7-9-20-10-12-25-22(15-20)24(17-31(2,3)41-25)35-29(39)21-11-13-26-23(16-21)28(32(4,42-26)19-40-5)37(27(38)18-33)30(34)36-33/h10-13,15-16,24,28H,6-9,14,17-19H2,1-5H3,(H2,34,36)(H,35,39)/t24-,28-,32-,33+/m0/s1. The third kappa shape index (κ3) is 4.91. The average molecular weight is 575 g/mol. The molecule has 0 spiro atoms. The molecule has 0 saturated carbocycles. The molecule has 0 fully saturated rings. The highest BCUT2D eigenvalue weighted by atomic mass is 16.5. The van der Waals surface area contributed by atoms with Crippen LogP contribution in [0.2, 0.25) is 0 Å². The Morgan fingerprint density at radius 3 is 2.57 bits per heavy atom. The van der Waals surface area contributed by atoms with Gasteiger partial charge < -0.3 is 25.3 Å². The van der Waals surface area contributed by atoms with Gasteiger partial charge in [-0.05, 0) is 76.3 Å². The van der Waals surface area contributed by atoms with Gasteiger partial charge in [0.25, 0.3) is 5.91 Å². The topological polar surface area (TPSA) is 115 Å². The fourth-order valence-electron chi connectivity index (χ4n) is 7.28. The lowest BCUT2D eigenvalue weighted by molar-refractivity contribution is -0.136. The molecule has 5 heterocycles. The number of carbonyl (C=O) groups is 2. The maximum Gasteiger partial charge on any atom is 0.251 e. The number of rotatable bonds is 3. The van der Waals surface area contributed by atoms with Crippen LogP contribution in [0.1, 0.15) is 105 Å². The third-order valence-electron chi connectivity index (χ3n) is 9.38. The number of guanidine groups is 1. The molecular weight excluding hydrogens is 532 g/mol. The van der Waals surface area contributed by atoms with Crippen LogP contribution in [-0.4, -0.2) is 53.1 Å². The van der Waals surface area contributed by atoms with Crippen LogP contribution in [0.15, 0.2) is 41.4 Å². The number of hydrogen-bond donors (Lipinski definition) is 2. The molecule has 224 valence electrons. The molecule has 2 aromatic rings. The zero-order chi connectivity index (χ0) is 29.9. The number of benzene rings is 2. The number of aryl methyl sites for hydroxylation is 1. The van der Waals surface area contributed by atoms with Crippen molar-refractivity contribution in [2.45, 2.75) is 101 Å². The molecule has 0 saturated heterocycles. The maximum absolute atomic E-state index is 14.0. The minimum absolute atomic E-state index is 0.0891. The number of ether oxygens (including phenoxy) is 3. The largest absolute Gasteiger partial charge is 0.487 e. The molecule has 9 heteroatoms. The summed E-state index contributed by atoms with van der Waals surface area (Å²) in [6.07, 6.45) is 5.17. The summed E-state index contributed by atoms with van der Waals surface area (Å²) in [5.74, 6) is 1.31. The summed E-state index contributed by atoms with van der Waals surface area (Å²) in [6.45, 7) is 8.30. The Morgan fingerprint density at radius 2 is 1.83 bits per heavy atom. The summed E-state index contributed by atoms with van der Waals surface area (Å²) >= 11 is 0. The highest BCUT2D eigenvalue weighted by Crippen LogP contribution is 2.49. The van der Waals surface area contributed by atoms with E-state index in [1.165, 1.54) is 5.56 Å². The molecule has 0 radical (unpaired) electrons. The van der Waals surface area contributed by atoms with Crippen molar-refractivity contribution in [3.05, 3.63) is 58.7 Å². The number of aliphatic imine (C=N–C) groups is 1. The molecule has 42 heavy (non-hydrogen) atoms. The molecule has 2 amide bonds. The minimum atomic E-state index is -0.922. The molecule has 4 atom stereocenters. The van der Waals surface area contributed by atoms with E-state index in [1.807, 2.05) is 32.9 Å². The molecule has 6 bridgehead atoms.